The lowest BCUT2D eigenvalue weighted by molar-refractivity contribution is -0.118. The first-order valence-corrected chi connectivity index (χ1v) is 10.3. The summed E-state index contributed by atoms with van der Waals surface area (Å²) in [5, 5.41) is 7.17. The molecule has 8 heteroatoms. The third-order valence-electron chi connectivity index (χ3n) is 4.29. The van der Waals surface area contributed by atoms with Crippen LogP contribution >= 0.6 is 11.8 Å². The van der Waals surface area contributed by atoms with Crippen LogP contribution in [-0.2, 0) is 11.2 Å². The molecule has 0 aliphatic carbocycles. The molecule has 1 aliphatic heterocycles. The van der Waals surface area contributed by atoms with Crippen LogP contribution in [0.1, 0.15) is 56.7 Å². The number of hydrogen-bond donors (Lipinski definition) is 0. The number of amides is 1. The minimum Gasteiger partial charge on any atom is -0.494 e. The summed E-state index contributed by atoms with van der Waals surface area (Å²) in [6.07, 6.45) is 1.24. The van der Waals surface area contributed by atoms with Crippen LogP contribution in [0.2, 0.25) is 0 Å². The molecule has 0 radical (unpaired) electrons. The van der Waals surface area contributed by atoms with Gasteiger partial charge in [0.05, 0.1) is 6.61 Å². The summed E-state index contributed by atoms with van der Waals surface area (Å²) >= 11 is 1.36. The Morgan fingerprint density at radius 1 is 1.04 bits per heavy atom. The van der Waals surface area contributed by atoms with E-state index in [0.29, 0.717) is 47.6 Å². The number of thioether (sulfide) groups is 1. The van der Waals surface area contributed by atoms with Crippen LogP contribution in [0.15, 0.2) is 34.4 Å². The van der Waals surface area contributed by atoms with Gasteiger partial charge < -0.3 is 4.74 Å². The molecule has 0 bridgehead atoms. The number of ether oxygens (including phenoxy) is 1. The summed E-state index contributed by atoms with van der Waals surface area (Å²) in [6.45, 7) is 8.07. The number of benzene rings is 1. The highest BCUT2D eigenvalue weighted by Gasteiger charge is 2.32. The number of hydrogen-bond acceptors (Lipinski definition) is 6. The van der Waals surface area contributed by atoms with Crippen LogP contribution in [-0.4, -0.2) is 33.0 Å². The number of aromatic nitrogens is 2. The number of carbonyl (C=O) groups excluding carboxylic acids is 2. The van der Waals surface area contributed by atoms with E-state index in [1.807, 2.05) is 45.0 Å². The van der Waals surface area contributed by atoms with Gasteiger partial charge in [-0.1, -0.05) is 20.8 Å². The van der Waals surface area contributed by atoms with E-state index in [9.17, 15) is 9.59 Å². The van der Waals surface area contributed by atoms with Gasteiger partial charge in [0, 0.05) is 24.8 Å². The number of nitrogens with zero attached hydrogens (tertiary/aromatic N) is 4. The molecule has 0 fully saturated rings. The van der Waals surface area contributed by atoms with Crippen LogP contribution in [0, 0.1) is 0 Å². The van der Waals surface area contributed by atoms with Crippen molar-refractivity contribution in [2.45, 2.75) is 52.0 Å². The zero-order chi connectivity index (χ0) is 20.3. The normalized spacial score (nSPS) is 13.1. The predicted molar refractivity (Wildman–Crippen MR) is 110 cm³/mol. The number of rotatable bonds is 6. The molecule has 0 atom stereocenters. The number of imidazole rings is 1. The van der Waals surface area contributed by atoms with E-state index in [2.05, 4.69) is 10.1 Å². The van der Waals surface area contributed by atoms with Gasteiger partial charge in [0.25, 0.3) is 0 Å². The maximum atomic E-state index is 12.6. The van der Waals surface area contributed by atoms with E-state index in [1.165, 1.54) is 16.8 Å². The third-order valence-corrected chi connectivity index (χ3v) is 5.36. The fourth-order valence-corrected chi connectivity index (χ4v) is 3.95. The summed E-state index contributed by atoms with van der Waals surface area (Å²) in [4.78, 5) is 29.7. The third kappa shape index (κ3) is 3.69. The Labute approximate surface area is 168 Å². The average molecular weight is 401 g/mol. The molecule has 3 rings (SSSR count). The van der Waals surface area contributed by atoms with E-state index >= 15 is 0 Å². The molecule has 148 valence electrons. The molecule has 1 aromatic carbocycles. The SMILES string of the molecule is CCOc1ccc(C2=NN(C(=O)CC)c3nc(CC)n(C(=O)CC)c3S2)cc1. The number of fused-ring (bicyclic) bond motifs is 1. The molecule has 2 heterocycles. The highest BCUT2D eigenvalue weighted by molar-refractivity contribution is 8.14. The first-order chi connectivity index (χ1) is 13.5. The Balaban J connectivity index is 2.08. The molecular weight excluding hydrogens is 376 g/mol. The average Bonchev–Trinajstić information content (AvgIpc) is 3.11. The fourth-order valence-electron chi connectivity index (χ4n) is 2.87. The van der Waals surface area contributed by atoms with Gasteiger partial charge in [0.1, 0.15) is 21.6 Å². The van der Waals surface area contributed by atoms with Crippen molar-refractivity contribution >= 4 is 34.4 Å². The van der Waals surface area contributed by atoms with Crippen LogP contribution in [0.4, 0.5) is 5.82 Å². The van der Waals surface area contributed by atoms with E-state index < -0.39 is 0 Å². The summed E-state index contributed by atoms with van der Waals surface area (Å²) in [5.41, 5.74) is 0.850. The Morgan fingerprint density at radius 3 is 2.29 bits per heavy atom. The molecule has 1 aromatic heterocycles. The molecule has 7 nitrogen and oxygen atoms in total. The quantitative estimate of drug-likeness (QED) is 0.729. The first-order valence-electron chi connectivity index (χ1n) is 9.51. The molecule has 1 aliphatic rings. The van der Waals surface area contributed by atoms with Gasteiger partial charge in [-0.2, -0.15) is 10.1 Å². The number of hydrazone groups is 1. The van der Waals surface area contributed by atoms with Crippen molar-refractivity contribution in [3.05, 3.63) is 35.7 Å². The van der Waals surface area contributed by atoms with E-state index in [0.717, 1.165) is 11.3 Å². The standard InChI is InChI=1S/C20H24N4O3S/c1-5-15-21-18-20(23(15)16(25)6-2)28-19(22-24(18)17(26)7-3)13-9-11-14(12-10-13)27-8-4/h9-12H,5-8H2,1-4H3. The Bertz CT molecular complexity index is 918. The van der Waals surface area contributed by atoms with Gasteiger partial charge in [-0.05, 0) is 43.0 Å². The molecule has 0 saturated carbocycles. The zero-order valence-electron chi connectivity index (χ0n) is 16.6. The molecule has 0 unspecified atom stereocenters. The number of aryl methyl sites for hydroxylation is 1. The van der Waals surface area contributed by atoms with Crippen LogP contribution < -0.4 is 9.75 Å². The van der Waals surface area contributed by atoms with Crippen molar-refractivity contribution < 1.29 is 14.3 Å². The summed E-state index contributed by atoms with van der Waals surface area (Å²) in [5.74, 6) is 1.64. The van der Waals surface area contributed by atoms with Crippen molar-refractivity contribution in [3.63, 3.8) is 0 Å². The summed E-state index contributed by atoms with van der Waals surface area (Å²) < 4.78 is 7.12. The van der Waals surface area contributed by atoms with Crippen molar-refractivity contribution in [3.8, 4) is 5.75 Å². The van der Waals surface area contributed by atoms with Gasteiger partial charge in [-0.15, -0.1) is 0 Å². The van der Waals surface area contributed by atoms with Gasteiger partial charge in [0.15, 0.2) is 5.82 Å². The second kappa shape index (κ2) is 8.60. The van der Waals surface area contributed by atoms with Crippen molar-refractivity contribution in [1.29, 1.82) is 0 Å². The second-order valence-electron chi connectivity index (χ2n) is 6.12. The Hall–Kier alpha value is -2.61. The largest absolute Gasteiger partial charge is 0.494 e. The summed E-state index contributed by atoms with van der Waals surface area (Å²) in [6, 6.07) is 7.55. The van der Waals surface area contributed by atoms with Gasteiger partial charge >= 0.3 is 0 Å². The van der Waals surface area contributed by atoms with Crippen LogP contribution in [0.5, 0.6) is 5.75 Å². The van der Waals surface area contributed by atoms with Crippen molar-refractivity contribution in [2.75, 3.05) is 11.6 Å². The molecule has 0 spiro atoms. The van der Waals surface area contributed by atoms with E-state index in [1.54, 1.807) is 11.5 Å². The fraction of sp³-hybridized carbons (Fsp3) is 0.400. The lowest BCUT2D eigenvalue weighted by Gasteiger charge is -2.22. The zero-order valence-corrected chi connectivity index (χ0v) is 17.4. The highest BCUT2D eigenvalue weighted by atomic mass is 32.2. The highest BCUT2D eigenvalue weighted by Crippen LogP contribution is 2.39. The lowest BCUT2D eigenvalue weighted by Crippen LogP contribution is -2.29. The molecule has 0 N–H and O–H groups in total. The van der Waals surface area contributed by atoms with Crippen LogP contribution in [0.3, 0.4) is 0 Å². The van der Waals surface area contributed by atoms with Gasteiger partial charge in [0.2, 0.25) is 11.8 Å². The van der Waals surface area contributed by atoms with Crippen LogP contribution in [0.25, 0.3) is 0 Å². The number of carbonyl (C=O) groups is 2. The minimum atomic E-state index is -0.166. The Kier molecular flexibility index (Phi) is 6.18. The molecular formula is C20H24N4O3S. The van der Waals surface area contributed by atoms with Gasteiger partial charge in [-0.3, -0.25) is 14.2 Å². The molecule has 2 aromatic rings. The lowest BCUT2D eigenvalue weighted by atomic mass is 10.2. The minimum absolute atomic E-state index is 0.0464. The number of anilines is 1. The van der Waals surface area contributed by atoms with E-state index in [4.69, 9.17) is 4.74 Å². The van der Waals surface area contributed by atoms with Crippen molar-refractivity contribution in [1.82, 2.24) is 9.55 Å². The monoisotopic (exact) mass is 400 g/mol. The molecule has 0 saturated heterocycles. The predicted octanol–water partition coefficient (Wildman–Crippen LogP) is 4.10. The summed E-state index contributed by atoms with van der Waals surface area (Å²) in [7, 11) is 0. The van der Waals surface area contributed by atoms with E-state index in [-0.39, 0.29) is 11.8 Å². The maximum Gasteiger partial charge on any atom is 0.248 e. The topological polar surface area (TPSA) is 76.8 Å². The van der Waals surface area contributed by atoms with Crippen molar-refractivity contribution in [2.24, 2.45) is 5.10 Å². The first kappa shape index (κ1) is 20.1. The smallest absolute Gasteiger partial charge is 0.248 e. The molecule has 1 amide bonds. The maximum absolute atomic E-state index is 12.6. The van der Waals surface area contributed by atoms with Gasteiger partial charge in [-0.25, -0.2) is 4.98 Å². The molecule has 28 heavy (non-hydrogen) atoms. The Morgan fingerprint density at radius 2 is 1.71 bits per heavy atom. The second-order valence-corrected chi connectivity index (χ2v) is 7.09.